The van der Waals surface area contributed by atoms with E-state index in [-0.39, 0.29) is 10.8 Å². The Balaban J connectivity index is 0.615. The van der Waals surface area contributed by atoms with Crippen molar-refractivity contribution in [2.45, 2.75) is 63.2 Å². The standard InChI is InChI=1S/C118H88N2O2/c1-115(2,3)88-56-66-98-100-68-64-93(75-108(100)117(106(98)73-88,84-33-14-8-15-34-84)85-35-16-9-17-36-85)119(91-60-51-79(52-61-91)96-43-27-45-103-102-42-23-25-48-111(102)121-113(96)103)90-58-49-77(50-59-90)81-31-26-32-82(71-81)83-55-70-112-105(72-83)104-46-28-44-97(114(104)122-112)80-53-62-92(63-54-80)120(110-47-24-22-41-95(110)78-29-12-7-13-30-78)94-65-69-101-99-67-57-89(116(4,5)6)74-107(99)118(109(101)76-94,86-37-18-10-19-38-86)87-39-20-11-21-40-87/h7-76H,1-6H3. The molecule has 18 aromatic carbocycles. The zero-order valence-corrected chi connectivity index (χ0v) is 69.1. The van der Waals surface area contributed by atoms with E-state index >= 15 is 0 Å². The number of nitrogens with zero attached hydrogens (tertiary/aromatic N) is 2. The number of fused-ring (bicyclic) bond motifs is 12. The van der Waals surface area contributed by atoms with Crippen LogP contribution in [0.25, 0.3) is 122 Å². The van der Waals surface area contributed by atoms with Gasteiger partial charge in [-0.1, -0.05) is 375 Å². The summed E-state index contributed by atoms with van der Waals surface area (Å²) >= 11 is 0. The van der Waals surface area contributed by atoms with E-state index in [9.17, 15) is 0 Å². The quantitative estimate of drug-likeness (QED) is 0.102. The molecule has 0 saturated heterocycles. The van der Waals surface area contributed by atoms with Gasteiger partial charge < -0.3 is 18.6 Å². The normalized spacial score (nSPS) is 13.1. The summed E-state index contributed by atoms with van der Waals surface area (Å²) in [6, 6.07) is 157. The van der Waals surface area contributed by atoms with Gasteiger partial charge in [0, 0.05) is 66.7 Å². The molecule has 2 heterocycles. The van der Waals surface area contributed by atoms with Crippen LogP contribution in [0.15, 0.2) is 433 Å². The molecule has 0 radical (unpaired) electrons. The van der Waals surface area contributed by atoms with Crippen LogP contribution in [0.3, 0.4) is 0 Å². The van der Waals surface area contributed by atoms with Gasteiger partial charge in [0.1, 0.15) is 22.3 Å². The second kappa shape index (κ2) is 29.0. The maximum Gasteiger partial charge on any atom is 0.143 e. The van der Waals surface area contributed by atoms with E-state index in [2.05, 4.69) is 470 Å². The Morgan fingerprint density at radius 3 is 1.02 bits per heavy atom. The Morgan fingerprint density at radius 1 is 0.205 bits per heavy atom. The topological polar surface area (TPSA) is 32.8 Å². The summed E-state index contributed by atoms with van der Waals surface area (Å²) in [6.07, 6.45) is 0. The Kier molecular flexibility index (Phi) is 17.5. The van der Waals surface area contributed by atoms with E-state index in [1.54, 1.807) is 0 Å². The molecule has 582 valence electrons. The number of furan rings is 2. The maximum atomic E-state index is 7.02. The monoisotopic (exact) mass is 1560 g/mol. The van der Waals surface area contributed by atoms with E-state index in [0.717, 1.165) is 134 Å². The van der Waals surface area contributed by atoms with Crippen LogP contribution in [-0.2, 0) is 21.7 Å². The number of anilines is 6. The van der Waals surface area contributed by atoms with Crippen LogP contribution in [0, 0.1) is 0 Å². The fourth-order valence-electron chi connectivity index (χ4n) is 20.0. The zero-order valence-electron chi connectivity index (χ0n) is 69.1. The molecule has 2 aliphatic rings. The van der Waals surface area contributed by atoms with Gasteiger partial charge >= 0.3 is 0 Å². The van der Waals surface area contributed by atoms with E-state index in [4.69, 9.17) is 8.83 Å². The summed E-state index contributed by atoms with van der Waals surface area (Å²) in [5.74, 6) is 0. The molecule has 20 aromatic rings. The molecule has 0 bridgehead atoms. The summed E-state index contributed by atoms with van der Waals surface area (Å²) < 4.78 is 13.6. The SMILES string of the molecule is CC(C)(C)c1ccc2c(c1)C(c1ccccc1)(c1ccccc1)c1cc(N(c3ccc(-c4cccc(-c5ccc6oc7c(-c8ccc(N(c9ccc%10c(c9)C(c9ccccc9)(c9ccccc9)c9cc(C(C)(C)C)ccc9-%10)c9ccccc9-c9ccccc9)cc8)cccc7c6c5)c4)cc3)c3ccc(-c4cccc5c4oc4ccccc45)cc3)ccc1-2. The second-order valence-corrected chi connectivity index (χ2v) is 35.0. The Morgan fingerprint density at radius 2 is 0.533 bits per heavy atom. The number of benzene rings is 18. The number of rotatable bonds is 15. The summed E-state index contributed by atoms with van der Waals surface area (Å²) in [4.78, 5) is 4.89. The van der Waals surface area contributed by atoms with Gasteiger partial charge in [-0.25, -0.2) is 0 Å². The molecule has 4 heteroatoms. The molecule has 2 aliphatic carbocycles. The lowest BCUT2D eigenvalue weighted by Crippen LogP contribution is -2.29. The van der Waals surface area contributed by atoms with E-state index < -0.39 is 10.8 Å². The van der Waals surface area contributed by atoms with Crippen molar-refractivity contribution >= 4 is 78.0 Å². The van der Waals surface area contributed by atoms with Gasteiger partial charge in [0.05, 0.1) is 16.5 Å². The first-order valence-corrected chi connectivity index (χ1v) is 42.6. The molecular formula is C118H88N2O2. The minimum Gasteiger partial charge on any atom is -0.455 e. The van der Waals surface area contributed by atoms with Gasteiger partial charge in [0.2, 0.25) is 0 Å². The molecule has 22 rings (SSSR count). The van der Waals surface area contributed by atoms with Crippen molar-refractivity contribution in [2.24, 2.45) is 0 Å². The molecular weight excluding hydrogens is 1480 g/mol. The summed E-state index contributed by atoms with van der Waals surface area (Å²) in [5.41, 5.74) is 37.1. The van der Waals surface area contributed by atoms with Crippen molar-refractivity contribution < 1.29 is 8.83 Å². The molecule has 0 saturated carbocycles. The van der Waals surface area contributed by atoms with E-state index in [1.807, 2.05) is 6.07 Å². The highest BCUT2D eigenvalue weighted by molar-refractivity contribution is 6.12. The first-order valence-electron chi connectivity index (χ1n) is 42.6. The van der Waals surface area contributed by atoms with Crippen molar-refractivity contribution in [3.63, 3.8) is 0 Å². The highest BCUT2D eigenvalue weighted by atomic mass is 16.3. The second-order valence-electron chi connectivity index (χ2n) is 35.0. The van der Waals surface area contributed by atoms with Crippen LogP contribution in [0.1, 0.15) is 97.2 Å². The molecule has 0 aliphatic heterocycles. The summed E-state index contributed by atoms with van der Waals surface area (Å²) in [6.45, 7) is 13.9. The molecule has 0 N–H and O–H groups in total. The van der Waals surface area contributed by atoms with Crippen molar-refractivity contribution in [1.82, 2.24) is 0 Å². The lowest BCUT2D eigenvalue weighted by Gasteiger charge is -2.35. The summed E-state index contributed by atoms with van der Waals surface area (Å²) in [7, 11) is 0. The third-order valence-electron chi connectivity index (χ3n) is 26.0. The maximum absolute atomic E-state index is 7.02. The summed E-state index contributed by atoms with van der Waals surface area (Å²) in [5, 5.41) is 4.36. The van der Waals surface area contributed by atoms with E-state index in [0.29, 0.717) is 0 Å². The van der Waals surface area contributed by atoms with Gasteiger partial charge in [0.25, 0.3) is 0 Å². The molecule has 4 nitrogen and oxygen atoms in total. The lowest BCUT2D eigenvalue weighted by molar-refractivity contribution is 0.587. The average molecular weight is 1570 g/mol. The van der Waals surface area contributed by atoms with Gasteiger partial charge in [0.15, 0.2) is 0 Å². The minimum atomic E-state index is -0.616. The molecule has 2 aromatic heterocycles. The Bertz CT molecular complexity index is 7340. The highest BCUT2D eigenvalue weighted by Crippen LogP contribution is 2.61. The number of para-hydroxylation sites is 4. The molecule has 122 heavy (non-hydrogen) atoms. The van der Waals surface area contributed by atoms with Crippen molar-refractivity contribution in [1.29, 1.82) is 0 Å². The molecule has 0 fully saturated rings. The van der Waals surface area contributed by atoms with Crippen LogP contribution in [0.2, 0.25) is 0 Å². The molecule has 0 spiro atoms. The zero-order chi connectivity index (χ0) is 82.0. The molecule has 0 amide bonds. The number of hydrogen-bond acceptors (Lipinski definition) is 4. The first kappa shape index (κ1) is 73.5. The van der Waals surface area contributed by atoms with Gasteiger partial charge in [-0.2, -0.15) is 0 Å². The predicted molar refractivity (Wildman–Crippen MR) is 510 cm³/mol. The van der Waals surface area contributed by atoms with Crippen molar-refractivity contribution in [2.75, 3.05) is 9.80 Å². The lowest BCUT2D eigenvalue weighted by atomic mass is 9.67. The van der Waals surface area contributed by atoms with Crippen LogP contribution in [0.5, 0.6) is 0 Å². The van der Waals surface area contributed by atoms with Crippen LogP contribution in [-0.4, -0.2) is 0 Å². The average Bonchev–Trinajstić information content (AvgIpc) is 1.54. The molecule has 0 unspecified atom stereocenters. The van der Waals surface area contributed by atoms with Gasteiger partial charge in [-0.05, 0) is 219 Å². The predicted octanol–water partition coefficient (Wildman–Crippen LogP) is 32.1. The Labute approximate surface area is 713 Å². The number of hydrogen-bond donors (Lipinski definition) is 0. The largest absolute Gasteiger partial charge is 0.455 e. The fourth-order valence-corrected chi connectivity index (χ4v) is 20.0. The first-order chi connectivity index (χ1) is 59.7. The van der Waals surface area contributed by atoms with E-state index in [1.165, 1.54) is 77.9 Å². The van der Waals surface area contributed by atoms with Gasteiger partial charge in [-0.3, -0.25) is 0 Å². The Hall–Kier alpha value is -14.8. The smallest absolute Gasteiger partial charge is 0.143 e. The van der Waals surface area contributed by atoms with Crippen molar-refractivity contribution in [3.05, 3.63) is 480 Å². The minimum absolute atomic E-state index is 0.0633. The fraction of sp³-hybridized carbons (Fsp3) is 0.0847. The van der Waals surface area contributed by atoms with Crippen LogP contribution >= 0.6 is 0 Å². The van der Waals surface area contributed by atoms with Crippen LogP contribution in [0.4, 0.5) is 34.1 Å². The van der Waals surface area contributed by atoms with Crippen LogP contribution < -0.4 is 9.80 Å². The molecule has 0 atom stereocenters. The van der Waals surface area contributed by atoms with Crippen molar-refractivity contribution in [3.8, 4) is 77.9 Å². The third-order valence-corrected chi connectivity index (χ3v) is 26.0. The van der Waals surface area contributed by atoms with Gasteiger partial charge in [-0.15, -0.1) is 0 Å². The third kappa shape index (κ3) is 12.0. The highest BCUT2D eigenvalue weighted by Gasteiger charge is 2.49.